The highest BCUT2D eigenvalue weighted by molar-refractivity contribution is 5.92. The molecule has 1 aliphatic rings. The number of nitrogens with two attached hydrogens (primary N) is 1. The zero-order valence-corrected chi connectivity index (χ0v) is 13.6. The molecular weight excluding hydrogens is 278 g/mol. The van der Waals surface area contributed by atoms with Crippen LogP contribution in [0.2, 0.25) is 0 Å². The Labute approximate surface area is 132 Å². The number of aliphatic imine (C=N–C) groups is 2. The van der Waals surface area contributed by atoms with Crippen molar-refractivity contribution in [1.82, 2.24) is 9.80 Å². The number of likely N-dealkylation sites (N-methyl/N-ethyl adjacent to an activating group) is 1. The van der Waals surface area contributed by atoms with Gasteiger partial charge in [-0.3, -0.25) is 4.99 Å². The van der Waals surface area contributed by atoms with Gasteiger partial charge in [0.25, 0.3) is 0 Å². The molecule has 1 fully saturated rings. The molecule has 1 aliphatic heterocycles. The van der Waals surface area contributed by atoms with Crippen molar-refractivity contribution in [2.24, 2.45) is 9.98 Å². The second-order valence-electron chi connectivity index (χ2n) is 5.48. The van der Waals surface area contributed by atoms with E-state index in [4.69, 9.17) is 10.5 Å². The molecule has 0 unspecified atom stereocenters. The van der Waals surface area contributed by atoms with Gasteiger partial charge < -0.3 is 20.3 Å². The number of piperazine rings is 1. The number of anilines is 1. The van der Waals surface area contributed by atoms with Gasteiger partial charge in [-0.05, 0) is 24.7 Å². The van der Waals surface area contributed by atoms with E-state index < -0.39 is 0 Å². The molecule has 0 amide bonds. The number of hydrogen-bond donors (Lipinski definition) is 1. The molecule has 120 valence electrons. The van der Waals surface area contributed by atoms with E-state index in [1.165, 1.54) is 0 Å². The Morgan fingerprint density at radius 2 is 2.00 bits per heavy atom. The van der Waals surface area contributed by atoms with E-state index in [1.807, 2.05) is 31.2 Å². The van der Waals surface area contributed by atoms with Crippen LogP contribution in [0.5, 0.6) is 0 Å². The Balaban J connectivity index is 1.92. The summed E-state index contributed by atoms with van der Waals surface area (Å²) >= 11 is 0. The monoisotopic (exact) mass is 303 g/mol. The number of benzene rings is 1. The van der Waals surface area contributed by atoms with E-state index >= 15 is 0 Å². The van der Waals surface area contributed by atoms with Gasteiger partial charge in [-0.15, -0.1) is 0 Å². The van der Waals surface area contributed by atoms with Crippen molar-refractivity contribution in [2.75, 3.05) is 46.0 Å². The van der Waals surface area contributed by atoms with Crippen LogP contribution in [0.4, 0.5) is 5.69 Å². The minimum absolute atomic E-state index is 0.458. The van der Waals surface area contributed by atoms with Crippen LogP contribution in [0.1, 0.15) is 12.5 Å². The lowest BCUT2D eigenvalue weighted by Gasteiger charge is -2.32. The smallest absolute Gasteiger partial charge is 0.223 e. The molecule has 0 bridgehead atoms. The van der Waals surface area contributed by atoms with Gasteiger partial charge in [-0.25, -0.2) is 0 Å². The molecule has 1 heterocycles. The second kappa shape index (κ2) is 7.79. The summed E-state index contributed by atoms with van der Waals surface area (Å²) in [6.07, 6.45) is 0. The highest BCUT2D eigenvalue weighted by atomic mass is 16.5. The summed E-state index contributed by atoms with van der Waals surface area (Å²) in [6.45, 7) is 6.24. The molecule has 0 saturated carbocycles. The van der Waals surface area contributed by atoms with Crippen LogP contribution in [0.15, 0.2) is 34.3 Å². The van der Waals surface area contributed by atoms with E-state index in [0.717, 1.165) is 43.4 Å². The SMILES string of the molecule is CN=C(N=C(C)OCc1cccc(N)c1)N1CCN(C)CC1. The number of hydrogen-bond acceptors (Lipinski definition) is 4. The summed E-state index contributed by atoms with van der Waals surface area (Å²) in [4.78, 5) is 13.3. The average Bonchev–Trinajstić information content (AvgIpc) is 2.52. The zero-order chi connectivity index (χ0) is 15.9. The Bertz CT molecular complexity index is 547. The standard InChI is InChI=1S/C16H25N5O/c1-13(22-12-14-5-4-6-15(17)11-14)19-16(18-2)21-9-7-20(3)8-10-21/h4-6,11H,7-10,12,17H2,1-3H3. The van der Waals surface area contributed by atoms with E-state index in [2.05, 4.69) is 26.8 Å². The van der Waals surface area contributed by atoms with Crippen molar-refractivity contribution in [3.63, 3.8) is 0 Å². The van der Waals surface area contributed by atoms with Gasteiger partial charge >= 0.3 is 0 Å². The van der Waals surface area contributed by atoms with E-state index in [0.29, 0.717) is 12.5 Å². The predicted molar refractivity (Wildman–Crippen MR) is 91.2 cm³/mol. The molecular formula is C16H25N5O. The molecule has 1 aromatic rings. The molecule has 1 saturated heterocycles. The first-order chi connectivity index (χ1) is 10.6. The molecule has 0 atom stereocenters. The van der Waals surface area contributed by atoms with Gasteiger partial charge in [0.2, 0.25) is 5.96 Å². The van der Waals surface area contributed by atoms with Crippen molar-refractivity contribution in [2.45, 2.75) is 13.5 Å². The fourth-order valence-electron chi connectivity index (χ4n) is 2.31. The zero-order valence-electron chi connectivity index (χ0n) is 13.6. The van der Waals surface area contributed by atoms with Crippen molar-refractivity contribution in [1.29, 1.82) is 0 Å². The fourth-order valence-corrected chi connectivity index (χ4v) is 2.31. The summed E-state index contributed by atoms with van der Waals surface area (Å²) in [7, 11) is 3.89. The van der Waals surface area contributed by atoms with Crippen LogP contribution >= 0.6 is 0 Å². The topological polar surface area (TPSA) is 66.5 Å². The van der Waals surface area contributed by atoms with Crippen LogP contribution in [-0.2, 0) is 11.3 Å². The predicted octanol–water partition coefficient (Wildman–Crippen LogP) is 1.44. The summed E-state index contributed by atoms with van der Waals surface area (Å²) in [5, 5.41) is 0. The fraction of sp³-hybridized carbons (Fsp3) is 0.500. The van der Waals surface area contributed by atoms with Gasteiger partial charge in [0, 0.05) is 45.8 Å². The highest BCUT2D eigenvalue weighted by Gasteiger charge is 2.17. The molecule has 22 heavy (non-hydrogen) atoms. The summed E-state index contributed by atoms with van der Waals surface area (Å²) in [5.41, 5.74) is 7.53. The molecule has 2 N–H and O–H groups in total. The lowest BCUT2D eigenvalue weighted by Crippen LogP contribution is -2.46. The summed E-state index contributed by atoms with van der Waals surface area (Å²) < 4.78 is 5.70. The third-order valence-corrected chi connectivity index (χ3v) is 3.64. The minimum atomic E-state index is 0.458. The quantitative estimate of drug-likeness (QED) is 0.510. The third kappa shape index (κ3) is 4.73. The van der Waals surface area contributed by atoms with E-state index in [1.54, 1.807) is 7.05 Å². The van der Waals surface area contributed by atoms with Crippen LogP contribution in [0.25, 0.3) is 0 Å². The lowest BCUT2D eigenvalue weighted by molar-refractivity contribution is 0.213. The lowest BCUT2D eigenvalue weighted by atomic mass is 10.2. The number of ether oxygens (including phenoxy) is 1. The Hall–Kier alpha value is -2.08. The molecule has 2 rings (SSSR count). The van der Waals surface area contributed by atoms with Crippen molar-refractivity contribution < 1.29 is 4.74 Å². The van der Waals surface area contributed by atoms with E-state index in [-0.39, 0.29) is 0 Å². The maximum atomic E-state index is 5.76. The van der Waals surface area contributed by atoms with Crippen LogP contribution in [0, 0.1) is 0 Å². The van der Waals surface area contributed by atoms with Crippen molar-refractivity contribution >= 4 is 17.5 Å². The molecule has 6 nitrogen and oxygen atoms in total. The van der Waals surface area contributed by atoms with Crippen LogP contribution < -0.4 is 5.73 Å². The van der Waals surface area contributed by atoms with Gasteiger partial charge in [0.05, 0.1) is 0 Å². The largest absolute Gasteiger partial charge is 0.476 e. The first-order valence-corrected chi connectivity index (χ1v) is 7.51. The van der Waals surface area contributed by atoms with Gasteiger partial charge in [0.15, 0.2) is 5.90 Å². The number of nitrogens with zero attached hydrogens (tertiary/aromatic N) is 4. The minimum Gasteiger partial charge on any atom is -0.476 e. The van der Waals surface area contributed by atoms with Crippen molar-refractivity contribution in [3.8, 4) is 0 Å². The van der Waals surface area contributed by atoms with Gasteiger partial charge in [0.1, 0.15) is 6.61 Å². The Morgan fingerprint density at radius 1 is 1.27 bits per heavy atom. The second-order valence-corrected chi connectivity index (χ2v) is 5.48. The first-order valence-electron chi connectivity index (χ1n) is 7.51. The van der Waals surface area contributed by atoms with Crippen LogP contribution in [-0.4, -0.2) is 61.9 Å². The molecule has 0 aromatic heterocycles. The van der Waals surface area contributed by atoms with Gasteiger partial charge in [-0.1, -0.05) is 12.1 Å². The average molecular weight is 303 g/mol. The third-order valence-electron chi connectivity index (χ3n) is 3.64. The van der Waals surface area contributed by atoms with Gasteiger partial charge in [-0.2, -0.15) is 4.99 Å². The summed E-state index contributed by atoms with van der Waals surface area (Å²) in [6, 6.07) is 7.67. The summed E-state index contributed by atoms with van der Waals surface area (Å²) in [5.74, 6) is 1.35. The highest BCUT2D eigenvalue weighted by Crippen LogP contribution is 2.08. The maximum absolute atomic E-state index is 5.76. The Kier molecular flexibility index (Phi) is 5.77. The maximum Gasteiger partial charge on any atom is 0.223 e. The van der Waals surface area contributed by atoms with E-state index in [9.17, 15) is 0 Å². The molecule has 6 heteroatoms. The molecule has 1 aromatic carbocycles. The first kappa shape index (κ1) is 16.3. The molecule has 0 radical (unpaired) electrons. The number of guanidine groups is 1. The number of nitrogen functional groups attached to an aromatic ring is 1. The number of rotatable bonds is 2. The molecule has 0 aliphatic carbocycles. The Morgan fingerprint density at radius 3 is 2.64 bits per heavy atom. The van der Waals surface area contributed by atoms with Crippen molar-refractivity contribution in [3.05, 3.63) is 29.8 Å². The molecule has 0 spiro atoms. The normalized spacial score (nSPS) is 17.7. The van der Waals surface area contributed by atoms with Crippen LogP contribution in [0.3, 0.4) is 0 Å².